The topological polar surface area (TPSA) is 15.3 Å². The highest BCUT2D eigenvalue weighted by molar-refractivity contribution is 5.88. The van der Waals surface area contributed by atoms with E-state index in [0.717, 1.165) is 17.1 Å². The molecular weight excluding hydrogens is 725 g/mol. The van der Waals surface area contributed by atoms with Gasteiger partial charge >= 0.3 is 0 Å². The van der Waals surface area contributed by atoms with Crippen molar-refractivity contribution in [2.24, 2.45) is 0 Å². The van der Waals surface area contributed by atoms with Crippen molar-refractivity contribution in [2.45, 2.75) is 20.8 Å². The molecular formula is C58H54N2. The Bertz CT molecular complexity index is 2640. The van der Waals surface area contributed by atoms with Crippen LogP contribution < -0.4 is 10.2 Å². The highest BCUT2D eigenvalue weighted by Crippen LogP contribution is 2.28. The second-order valence-electron chi connectivity index (χ2n) is 14.3. The predicted molar refractivity (Wildman–Crippen MR) is 266 cm³/mol. The highest BCUT2D eigenvalue weighted by Gasteiger charge is 2.05. The van der Waals surface area contributed by atoms with Crippen molar-refractivity contribution in [1.29, 1.82) is 0 Å². The van der Waals surface area contributed by atoms with Crippen LogP contribution in [0.15, 0.2) is 248 Å². The van der Waals surface area contributed by atoms with Crippen LogP contribution in [0.2, 0.25) is 0 Å². The van der Waals surface area contributed by atoms with E-state index < -0.39 is 0 Å². The zero-order chi connectivity index (χ0) is 41.8. The molecule has 0 radical (unpaired) electrons. The molecule has 9 rings (SSSR count). The maximum absolute atomic E-state index is 3.46. The molecule has 9 aromatic rings. The Morgan fingerprint density at radius 1 is 0.400 bits per heavy atom. The average molecular weight is 779 g/mol. The number of hydrogen-bond donors (Lipinski definition) is 1. The smallest absolute Gasteiger partial charge is 0.0414 e. The summed E-state index contributed by atoms with van der Waals surface area (Å²) in [5.41, 5.74) is 5.71. The van der Waals surface area contributed by atoms with E-state index in [1.807, 2.05) is 26.0 Å². The van der Waals surface area contributed by atoms with Gasteiger partial charge in [0.05, 0.1) is 0 Å². The van der Waals surface area contributed by atoms with Gasteiger partial charge in [-0.2, -0.15) is 0 Å². The van der Waals surface area contributed by atoms with E-state index in [1.165, 1.54) is 54.3 Å². The van der Waals surface area contributed by atoms with Crippen LogP contribution in [-0.2, 0) is 0 Å². The Morgan fingerprint density at radius 3 is 1.23 bits per heavy atom. The fraction of sp³-hybridized carbons (Fsp3) is 0.0690. The predicted octanol–water partition coefficient (Wildman–Crippen LogP) is 16.6. The molecule has 0 saturated heterocycles. The van der Waals surface area contributed by atoms with E-state index in [2.05, 4.69) is 261 Å². The first-order chi connectivity index (χ1) is 29.5. The molecule has 9 aromatic carbocycles. The molecule has 0 atom stereocenters. The zero-order valence-electron chi connectivity index (χ0n) is 35.1. The molecule has 60 heavy (non-hydrogen) atoms. The number of nitrogens with zero attached hydrogens (tertiary/aromatic N) is 1. The van der Waals surface area contributed by atoms with Crippen LogP contribution in [0.3, 0.4) is 0 Å². The molecule has 0 fully saturated rings. The Morgan fingerprint density at radius 2 is 0.783 bits per heavy atom. The molecule has 0 bridgehead atoms. The zero-order valence-corrected chi connectivity index (χ0v) is 35.1. The van der Waals surface area contributed by atoms with Gasteiger partial charge in [0.15, 0.2) is 0 Å². The van der Waals surface area contributed by atoms with E-state index in [9.17, 15) is 0 Å². The van der Waals surface area contributed by atoms with Crippen molar-refractivity contribution in [2.75, 3.05) is 17.3 Å². The first kappa shape index (κ1) is 42.2. The van der Waals surface area contributed by atoms with Gasteiger partial charge in [-0.3, -0.25) is 0 Å². The minimum absolute atomic E-state index is 1.09. The van der Waals surface area contributed by atoms with Gasteiger partial charge in [-0.05, 0) is 112 Å². The Hall–Kier alpha value is -7.42. The fourth-order valence-corrected chi connectivity index (χ4v) is 6.58. The third kappa shape index (κ3) is 12.5. The van der Waals surface area contributed by atoms with Gasteiger partial charge in [0, 0.05) is 29.8 Å². The van der Waals surface area contributed by atoms with Gasteiger partial charge in [-0.25, -0.2) is 0 Å². The number of rotatable bonds is 7. The summed E-state index contributed by atoms with van der Waals surface area (Å²) in [4.78, 5) is 2.22. The van der Waals surface area contributed by atoms with Crippen molar-refractivity contribution >= 4 is 66.2 Å². The second-order valence-corrected chi connectivity index (χ2v) is 14.3. The summed E-state index contributed by atoms with van der Waals surface area (Å²) in [5, 5.41) is 13.7. The van der Waals surface area contributed by atoms with Crippen LogP contribution in [0.25, 0.3) is 49.2 Å². The highest BCUT2D eigenvalue weighted by atomic mass is 15.1. The standard InChI is InChI=1S/C34H30N2.2C10H8.C4H8/c1-26(35-32-20-18-28-12-6-8-14-30(28)24-32)10-4-3-5-11-27-16-21-33(22-17-27)36(2)34-23-19-29-13-7-9-15-31(29)25-34;2*1-2-6-10-8-4-3-7-9(10)5-1;1-3-4-2/h3-25,35H,1-2H3;2*1-8H;3-4H,1-2H3/b4-3+,11-5+,26-10+;;;4-3-. The second kappa shape index (κ2) is 22.5. The van der Waals surface area contributed by atoms with Gasteiger partial charge in [0.2, 0.25) is 0 Å². The lowest BCUT2D eigenvalue weighted by atomic mass is 10.1. The van der Waals surface area contributed by atoms with Crippen LogP contribution in [0.5, 0.6) is 0 Å². The molecule has 0 heterocycles. The molecule has 1 N–H and O–H groups in total. The summed E-state index contributed by atoms with van der Waals surface area (Å²) in [6, 6.07) is 72.0. The van der Waals surface area contributed by atoms with Gasteiger partial charge in [0.25, 0.3) is 0 Å². The Balaban J connectivity index is 0.000000201. The number of fused-ring (bicyclic) bond motifs is 4. The lowest BCUT2D eigenvalue weighted by Crippen LogP contribution is -2.09. The first-order valence-corrected chi connectivity index (χ1v) is 20.6. The SMILES string of the molecule is C/C=C\C.C\C(=C/C=C/C=C/c1ccc(N(C)c2ccc3ccccc3c2)cc1)Nc1ccc2ccccc2c1.c1ccc2ccccc2c1.c1ccc2ccccc2c1. The van der Waals surface area contributed by atoms with Crippen LogP contribution in [0.1, 0.15) is 26.3 Å². The van der Waals surface area contributed by atoms with E-state index in [0.29, 0.717) is 0 Å². The summed E-state index contributed by atoms with van der Waals surface area (Å²) in [5.74, 6) is 0. The van der Waals surface area contributed by atoms with Crippen molar-refractivity contribution in [3.63, 3.8) is 0 Å². The monoisotopic (exact) mass is 778 g/mol. The van der Waals surface area contributed by atoms with E-state index in [-0.39, 0.29) is 0 Å². The lowest BCUT2D eigenvalue weighted by molar-refractivity contribution is 1.21. The van der Waals surface area contributed by atoms with Crippen molar-refractivity contribution in [1.82, 2.24) is 0 Å². The fourth-order valence-electron chi connectivity index (χ4n) is 6.58. The third-order valence-corrected chi connectivity index (χ3v) is 10.00. The summed E-state index contributed by atoms with van der Waals surface area (Å²) >= 11 is 0. The largest absolute Gasteiger partial charge is 0.359 e. The minimum Gasteiger partial charge on any atom is -0.359 e. The van der Waals surface area contributed by atoms with Crippen LogP contribution in [0.4, 0.5) is 17.1 Å². The molecule has 296 valence electrons. The number of allylic oxidation sites excluding steroid dienone is 7. The molecule has 0 amide bonds. The number of hydrogen-bond acceptors (Lipinski definition) is 2. The molecule has 0 saturated carbocycles. The van der Waals surface area contributed by atoms with Crippen molar-refractivity contribution in [3.05, 3.63) is 254 Å². The maximum atomic E-state index is 3.46. The number of nitrogens with one attached hydrogen (secondary N) is 1. The van der Waals surface area contributed by atoms with Gasteiger partial charge in [0.1, 0.15) is 0 Å². The molecule has 0 aromatic heterocycles. The van der Waals surface area contributed by atoms with Crippen molar-refractivity contribution in [3.8, 4) is 0 Å². The van der Waals surface area contributed by atoms with Crippen LogP contribution in [0, 0.1) is 0 Å². The Kier molecular flexibility index (Phi) is 15.8. The Labute approximate surface area is 356 Å². The quantitative estimate of drug-likeness (QED) is 0.128. The summed E-state index contributed by atoms with van der Waals surface area (Å²) < 4.78 is 0. The van der Waals surface area contributed by atoms with Crippen molar-refractivity contribution < 1.29 is 0 Å². The third-order valence-electron chi connectivity index (χ3n) is 10.00. The summed E-state index contributed by atoms with van der Waals surface area (Å²) in [6.45, 7) is 6.08. The summed E-state index contributed by atoms with van der Waals surface area (Å²) in [6.07, 6.45) is 14.4. The van der Waals surface area contributed by atoms with Gasteiger partial charge in [-0.1, -0.05) is 206 Å². The molecule has 0 aliphatic rings. The minimum atomic E-state index is 1.09. The molecule has 2 nitrogen and oxygen atoms in total. The molecule has 0 unspecified atom stereocenters. The van der Waals surface area contributed by atoms with Crippen LogP contribution in [-0.4, -0.2) is 7.05 Å². The van der Waals surface area contributed by atoms with Gasteiger partial charge < -0.3 is 10.2 Å². The maximum Gasteiger partial charge on any atom is 0.0414 e. The number of benzene rings is 9. The normalized spacial score (nSPS) is 11.2. The molecule has 2 heteroatoms. The van der Waals surface area contributed by atoms with Gasteiger partial charge in [-0.15, -0.1) is 0 Å². The molecule has 0 aliphatic carbocycles. The molecule has 0 aliphatic heterocycles. The average Bonchev–Trinajstić information content (AvgIpc) is 3.32. The lowest BCUT2D eigenvalue weighted by Gasteiger charge is -2.20. The van der Waals surface area contributed by atoms with E-state index >= 15 is 0 Å². The number of anilines is 3. The first-order valence-electron chi connectivity index (χ1n) is 20.6. The van der Waals surface area contributed by atoms with Crippen LogP contribution >= 0.6 is 0 Å². The van der Waals surface area contributed by atoms with E-state index in [4.69, 9.17) is 0 Å². The van der Waals surface area contributed by atoms with E-state index in [1.54, 1.807) is 0 Å². The summed E-state index contributed by atoms with van der Waals surface area (Å²) in [7, 11) is 2.11. The molecule has 0 spiro atoms.